The van der Waals surface area contributed by atoms with Gasteiger partial charge in [0.25, 0.3) is 0 Å². The van der Waals surface area contributed by atoms with Crippen LogP contribution in [0.15, 0.2) is 0 Å². The second kappa shape index (κ2) is 8.37. The van der Waals surface area contributed by atoms with Crippen molar-refractivity contribution in [2.45, 2.75) is 83.5 Å². The van der Waals surface area contributed by atoms with E-state index in [0.29, 0.717) is 18.0 Å². The molecular formula is C16H30BrNO3. The summed E-state index contributed by atoms with van der Waals surface area (Å²) >= 11 is 3.51. The molecule has 1 amide bonds. The minimum absolute atomic E-state index is 0.301. The molecule has 1 unspecified atom stereocenters. The van der Waals surface area contributed by atoms with Crippen molar-refractivity contribution in [1.29, 1.82) is 0 Å². The minimum atomic E-state index is -0.475. The molecule has 21 heavy (non-hydrogen) atoms. The number of hydrogen-bond acceptors (Lipinski definition) is 3. The monoisotopic (exact) mass is 363 g/mol. The third-order valence-electron chi connectivity index (χ3n) is 3.54. The van der Waals surface area contributed by atoms with Crippen molar-refractivity contribution < 1.29 is 14.3 Å². The Hall–Kier alpha value is -0.290. The van der Waals surface area contributed by atoms with Crippen molar-refractivity contribution in [3.05, 3.63) is 0 Å². The van der Waals surface area contributed by atoms with E-state index in [1.807, 2.05) is 27.7 Å². The van der Waals surface area contributed by atoms with Crippen LogP contribution in [0.1, 0.15) is 66.2 Å². The second-order valence-electron chi connectivity index (χ2n) is 7.17. The topological polar surface area (TPSA) is 47.6 Å². The van der Waals surface area contributed by atoms with E-state index in [1.54, 1.807) is 0 Å². The van der Waals surface area contributed by atoms with Crippen molar-refractivity contribution in [2.24, 2.45) is 0 Å². The van der Waals surface area contributed by atoms with Gasteiger partial charge in [-0.05, 0) is 40.5 Å². The maximum absolute atomic E-state index is 11.8. The molecule has 1 N–H and O–H groups in total. The molecule has 1 aliphatic carbocycles. The maximum atomic E-state index is 11.8. The second-order valence-corrected chi connectivity index (χ2v) is 7.73. The van der Waals surface area contributed by atoms with Crippen molar-refractivity contribution in [2.75, 3.05) is 11.9 Å². The van der Waals surface area contributed by atoms with Crippen LogP contribution in [0.25, 0.3) is 0 Å². The highest BCUT2D eigenvalue weighted by molar-refractivity contribution is 9.09. The number of halogens is 1. The Balaban J connectivity index is 2.45. The number of ether oxygens (including phenoxy) is 2. The molecule has 1 saturated carbocycles. The van der Waals surface area contributed by atoms with E-state index >= 15 is 0 Å². The Kier molecular flexibility index (Phi) is 7.48. The van der Waals surface area contributed by atoms with Gasteiger partial charge in [0.15, 0.2) is 0 Å². The number of rotatable bonds is 5. The number of hydrogen-bond donors (Lipinski definition) is 1. The van der Waals surface area contributed by atoms with Crippen LogP contribution in [0.4, 0.5) is 4.79 Å². The quantitative estimate of drug-likeness (QED) is 0.581. The van der Waals surface area contributed by atoms with Crippen LogP contribution in [0.3, 0.4) is 0 Å². The lowest BCUT2D eigenvalue weighted by molar-refractivity contribution is -0.0716. The van der Waals surface area contributed by atoms with Gasteiger partial charge in [-0.15, -0.1) is 0 Å². The molecule has 5 heteroatoms. The van der Waals surface area contributed by atoms with Crippen molar-refractivity contribution in [3.63, 3.8) is 0 Å². The smallest absolute Gasteiger partial charge is 0.407 e. The van der Waals surface area contributed by atoms with Gasteiger partial charge < -0.3 is 14.8 Å². The van der Waals surface area contributed by atoms with Crippen LogP contribution in [0.5, 0.6) is 0 Å². The van der Waals surface area contributed by atoms with E-state index in [9.17, 15) is 4.79 Å². The molecule has 1 rings (SSSR count). The number of carbonyl (C=O) groups excluding carboxylic acids is 1. The van der Waals surface area contributed by atoms with Gasteiger partial charge in [-0.2, -0.15) is 0 Å². The first-order valence-electron chi connectivity index (χ1n) is 7.95. The van der Waals surface area contributed by atoms with Crippen LogP contribution >= 0.6 is 15.9 Å². The highest BCUT2D eigenvalue weighted by atomic mass is 79.9. The van der Waals surface area contributed by atoms with Crippen LogP contribution in [0, 0.1) is 0 Å². The molecule has 1 aliphatic rings. The van der Waals surface area contributed by atoms with Gasteiger partial charge in [-0.1, -0.05) is 41.6 Å². The Labute approximate surface area is 137 Å². The summed E-state index contributed by atoms with van der Waals surface area (Å²) in [6.07, 6.45) is 7.24. The summed E-state index contributed by atoms with van der Waals surface area (Å²) in [7, 11) is 0. The molecule has 0 spiro atoms. The normalized spacial score (nSPS) is 20.4. The molecular weight excluding hydrogens is 334 g/mol. The van der Waals surface area contributed by atoms with E-state index in [0.717, 1.165) is 12.8 Å². The van der Waals surface area contributed by atoms with Gasteiger partial charge in [0.2, 0.25) is 0 Å². The maximum Gasteiger partial charge on any atom is 0.407 e. The van der Waals surface area contributed by atoms with Crippen molar-refractivity contribution >= 4 is 22.0 Å². The standard InChI is InChI=1S/C16H30BrNO3/c1-15(2,3)21-14(19)18-12-16(4,11-17)20-13-9-7-5-6-8-10-13/h13H,5-12H2,1-4H3,(H,18,19). The van der Waals surface area contributed by atoms with E-state index in [2.05, 4.69) is 21.2 Å². The number of alkyl halides is 1. The first kappa shape index (κ1) is 18.8. The zero-order valence-electron chi connectivity index (χ0n) is 13.8. The molecule has 0 aromatic heterocycles. The summed E-state index contributed by atoms with van der Waals surface area (Å²) < 4.78 is 11.5. The lowest BCUT2D eigenvalue weighted by atomic mass is 10.1. The summed E-state index contributed by atoms with van der Waals surface area (Å²) in [6, 6.07) is 0. The fourth-order valence-electron chi connectivity index (χ4n) is 2.46. The summed E-state index contributed by atoms with van der Waals surface area (Å²) in [5, 5.41) is 3.51. The van der Waals surface area contributed by atoms with Gasteiger partial charge in [-0.25, -0.2) is 4.79 Å². The number of carbonyl (C=O) groups is 1. The molecule has 4 nitrogen and oxygen atoms in total. The molecule has 1 atom stereocenters. The highest BCUT2D eigenvalue weighted by Crippen LogP contribution is 2.25. The average molecular weight is 364 g/mol. The molecule has 124 valence electrons. The van der Waals surface area contributed by atoms with E-state index in [-0.39, 0.29) is 6.09 Å². The zero-order valence-corrected chi connectivity index (χ0v) is 15.4. The largest absolute Gasteiger partial charge is 0.444 e. The molecule has 0 radical (unpaired) electrons. The van der Waals surface area contributed by atoms with Crippen molar-refractivity contribution in [1.82, 2.24) is 5.32 Å². The molecule has 0 bridgehead atoms. The molecule has 0 aromatic rings. The molecule has 0 aromatic carbocycles. The zero-order chi connectivity index (χ0) is 15.9. The molecule has 0 aliphatic heterocycles. The Bertz CT molecular complexity index is 322. The summed E-state index contributed by atoms with van der Waals surface area (Å²) in [6.45, 7) is 8.06. The molecule has 0 heterocycles. The lowest BCUT2D eigenvalue weighted by Gasteiger charge is -2.33. The first-order valence-corrected chi connectivity index (χ1v) is 9.07. The van der Waals surface area contributed by atoms with E-state index in [4.69, 9.17) is 9.47 Å². The predicted octanol–water partition coefficient (Wildman–Crippen LogP) is 4.40. The van der Waals surface area contributed by atoms with Gasteiger partial charge in [0, 0.05) is 5.33 Å². The van der Waals surface area contributed by atoms with E-state index < -0.39 is 11.2 Å². The summed E-state index contributed by atoms with van der Waals surface area (Å²) in [5.74, 6) is 0. The Morgan fingerprint density at radius 3 is 2.19 bits per heavy atom. The van der Waals surface area contributed by atoms with Gasteiger partial charge in [0.05, 0.1) is 18.2 Å². The third kappa shape index (κ3) is 8.05. The summed E-state index contributed by atoms with van der Waals surface area (Å²) in [4.78, 5) is 11.8. The Morgan fingerprint density at radius 1 is 1.14 bits per heavy atom. The fraction of sp³-hybridized carbons (Fsp3) is 0.938. The van der Waals surface area contributed by atoms with Gasteiger partial charge in [-0.3, -0.25) is 0 Å². The fourth-order valence-corrected chi connectivity index (χ4v) is 2.79. The van der Waals surface area contributed by atoms with Gasteiger partial charge in [0.1, 0.15) is 5.60 Å². The van der Waals surface area contributed by atoms with Crippen molar-refractivity contribution in [3.8, 4) is 0 Å². The lowest BCUT2D eigenvalue weighted by Crippen LogP contribution is -2.47. The number of amides is 1. The van der Waals surface area contributed by atoms with Crippen LogP contribution in [0.2, 0.25) is 0 Å². The van der Waals surface area contributed by atoms with Crippen LogP contribution in [-0.2, 0) is 9.47 Å². The SMILES string of the molecule is CC(C)(C)OC(=O)NCC(C)(CBr)OC1CCCCCC1. The van der Waals surface area contributed by atoms with E-state index in [1.165, 1.54) is 25.7 Å². The third-order valence-corrected chi connectivity index (χ3v) is 4.73. The van der Waals surface area contributed by atoms with Crippen LogP contribution < -0.4 is 5.32 Å². The Morgan fingerprint density at radius 2 is 1.71 bits per heavy atom. The van der Waals surface area contributed by atoms with Gasteiger partial charge >= 0.3 is 6.09 Å². The molecule has 1 fully saturated rings. The average Bonchev–Trinajstić information content (AvgIpc) is 2.63. The number of alkyl carbamates (subject to hydrolysis) is 1. The summed E-state index contributed by atoms with van der Waals surface area (Å²) in [5.41, 5.74) is -0.872. The predicted molar refractivity (Wildman–Crippen MR) is 89.0 cm³/mol. The van der Waals surface area contributed by atoms with Crippen LogP contribution in [-0.4, -0.2) is 35.3 Å². The minimum Gasteiger partial charge on any atom is -0.444 e. The number of nitrogens with one attached hydrogen (secondary N) is 1. The first-order chi connectivity index (χ1) is 9.74. The molecule has 0 saturated heterocycles. The highest BCUT2D eigenvalue weighted by Gasteiger charge is 2.29.